The molecule has 2 aromatic rings. The second kappa shape index (κ2) is 14.9. The zero-order valence-electron chi connectivity index (χ0n) is 27.1. The van der Waals surface area contributed by atoms with Crippen molar-refractivity contribution < 1.29 is 33.4 Å². The van der Waals surface area contributed by atoms with Gasteiger partial charge in [-0.2, -0.15) is 0 Å². The summed E-state index contributed by atoms with van der Waals surface area (Å²) in [5.74, 6) is -2.90. The van der Waals surface area contributed by atoms with Gasteiger partial charge in [0.2, 0.25) is 17.7 Å². The first kappa shape index (κ1) is 35.8. The SMILES string of the molecule is Cc1cc(C)cc(C(C(=O)NC(Cc2ccccc2)C(=O)OC(C)(C)C)N(C)C(=O)C(CC(N)=O)NC(=O)OC(C)(C)C)c1. The van der Waals surface area contributed by atoms with E-state index in [0.717, 1.165) is 21.6 Å². The van der Waals surface area contributed by atoms with Crippen molar-refractivity contribution >= 4 is 29.8 Å². The van der Waals surface area contributed by atoms with E-state index in [4.69, 9.17) is 15.2 Å². The summed E-state index contributed by atoms with van der Waals surface area (Å²) in [7, 11) is 1.38. The number of hydrogen-bond acceptors (Lipinski definition) is 7. The number of nitrogens with one attached hydrogen (secondary N) is 2. The first-order chi connectivity index (χ1) is 20.3. The van der Waals surface area contributed by atoms with Gasteiger partial charge in [0.15, 0.2) is 0 Å². The maximum Gasteiger partial charge on any atom is 0.408 e. The van der Waals surface area contributed by atoms with Crippen LogP contribution in [-0.4, -0.2) is 65.0 Å². The summed E-state index contributed by atoms with van der Waals surface area (Å²) < 4.78 is 10.9. The Bertz CT molecular complexity index is 1330. The molecule has 3 unspecified atom stereocenters. The Balaban J connectivity index is 2.52. The Kier molecular flexibility index (Phi) is 12.1. The molecule has 2 aromatic carbocycles. The van der Waals surface area contributed by atoms with Crippen LogP contribution in [0.4, 0.5) is 4.79 Å². The van der Waals surface area contributed by atoms with E-state index in [1.807, 2.05) is 50.2 Å². The topological polar surface area (TPSA) is 157 Å². The van der Waals surface area contributed by atoms with E-state index < -0.39 is 65.5 Å². The van der Waals surface area contributed by atoms with Crippen LogP contribution in [0.2, 0.25) is 0 Å². The summed E-state index contributed by atoms with van der Waals surface area (Å²) in [6.45, 7) is 13.9. The smallest absolute Gasteiger partial charge is 0.408 e. The van der Waals surface area contributed by atoms with Gasteiger partial charge in [0.1, 0.15) is 29.3 Å². The molecule has 4 amide bonds. The number of ether oxygens (including phenoxy) is 2. The predicted molar refractivity (Wildman–Crippen MR) is 166 cm³/mol. The van der Waals surface area contributed by atoms with Crippen LogP contribution in [0.5, 0.6) is 0 Å². The Morgan fingerprint density at radius 2 is 1.36 bits per heavy atom. The number of aryl methyl sites for hydroxylation is 2. The van der Waals surface area contributed by atoms with Gasteiger partial charge in [-0.1, -0.05) is 59.7 Å². The van der Waals surface area contributed by atoms with Gasteiger partial charge in [0.25, 0.3) is 0 Å². The number of primary amides is 1. The fourth-order valence-electron chi connectivity index (χ4n) is 4.61. The van der Waals surface area contributed by atoms with Gasteiger partial charge in [0, 0.05) is 13.5 Å². The number of hydrogen-bond donors (Lipinski definition) is 3. The fourth-order valence-corrected chi connectivity index (χ4v) is 4.61. The molecule has 240 valence electrons. The number of nitrogens with zero attached hydrogens (tertiary/aromatic N) is 1. The minimum atomic E-state index is -1.42. The number of esters is 1. The molecule has 44 heavy (non-hydrogen) atoms. The van der Waals surface area contributed by atoms with E-state index in [0.29, 0.717) is 5.56 Å². The molecule has 0 saturated carbocycles. The largest absolute Gasteiger partial charge is 0.458 e. The molecule has 0 spiro atoms. The average molecular weight is 611 g/mol. The monoisotopic (exact) mass is 610 g/mol. The first-order valence-corrected chi connectivity index (χ1v) is 14.5. The molecular weight excluding hydrogens is 564 g/mol. The van der Waals surface area contributed by atoms with Crippen molar-refractivity contribution in [3.8, 4) is 0 Å². The van der Waals surface area contributed by atoms with Gasteiger partial charge >= 0.3 is 12.1 Å². The average Bonchev–Trinajstić information content (AvgIpc) is 2.85. The normalized spacial score (nSPS) is 13.6. The molecule has 2 rings (SSSR count). The summed E-state index contributed by atoms with van der Waals surface area (Å²) in [5, 5.41) is 5.21. The highest BCUT2D eigenvalue weighted by molar-refractivity contribution is 5.95. The Labute approximate surface area is 259 Å². The second-order valence-corrected chi connectivity index (χ2v) is 12.9. The lowest BCUT2D eigenvalue weighted by Gasteiger charge is -2.33. The molecule has 0 radical (unpaired) electrons. The lowest BCUT2D eigenvalue weighted by atomic mass is 9.98. The van der Waals surface area contributed by atoms with Crippen molar-refractivity contribution in [1.82, 2.24) is 15.5 Å². The number of carbonyl (C=O) groups is 5. The highest BCUT2D eigenvalue weighted by atomic mass is 16.6. The molecule has 0 aromatic heterocycles. The molecule has 0 aliphatic heterocycles. The third-order valence-corrected chi connectivity index (χ3v) is 6.23. The third kappa shape index (κ3) is 11.7. The molecule has 0 aliphatic rings. The van der Waals surface area contributed by atoms with E-state index in [-0.39, 0.29) is 6.42 Å². The zero-order chi connectivity index (χ0) is 33.4. The Hall–Kier alpha value is -4.41. The molecule has 11 heteroatoms. The molecule has 0 saturated heterocycles. The molecule has 0 fully saturated rings. The third-order valence-electron chi connectivity index (χ3n) is 6.23. The molecule has 0 heterocycles. The van der Waals surface area contributed by atoms with Gasteiger partial charge in [0.05, 0.1) is 6.42 Å². The van der Waals surface area contributed by atoms with Crippen molar-refractivity contribution in [1.29, 1.82) is 0 Å². The summed E-state index contributed by atoms with van der Waals surface area (Å²) in [6.07, 6.45) is -1.31. The van der Waals surface area contributed by atoms with Crippen molar-refractivity contribution in [3.05, 3.63) is 70.8 Å². The number of alkyl carbamates (subject to hydrolysis) is 1. The van der Waals surface area contributed by atoms with E-state index in [9.17, 15) is 24.0 Å². The van der Waals surface area contributed by atoms with Crippen molar-refractivity contribution in [2.45, 2.75) is 97.6 Å². The van der Waals surface area contributed by atoms with Crippen LogP contribution in [0.15, 0.2) is 48.5 Å². The van der Waals surface area contributed by atoms with Gasteiger partial charge in [-0.3, -0.25) is 14.4 Å². The number of nitrogens with two attached hydrogens (primary N) is 1. The maximum absolute atomic E-state index is 14.1. The van der Waals surface area contributed by atoms with Crippen LogP contribution >= 0.6 is 0 Å². The highest BCUT2D eigenvalue weighted by Crippen LogP contribution is 2.25. The fraction of sp³-hybridized carbons (Fsp3) is 0.485. The summed E-state index contributed by atoms with van der Waals surface area (Å²) in [5.41, 5.74) is 6.67. The van der Waals surface area contributed by atoms with Crippen molar-refractivity contribution in [2.24, 2.45) is 5.73 Å². The van der Waals surface area contributed by atoms with E-state index in [1.165, 1.54) is 7.05 Å². The molecule has 0 bridgehead atoms. The van der Waals surface area contributed by atoms with Gasteiger partial charge in [-0.05, 0) is 66.5 Å². The standard InChI is InChI=1S/C33H46N4O7/c1-20-15-21(2)17-23(16-20)27(37(9)29(40)24(19-26(34)38)36-31(42)44-33(6,7)8)28(39)35-25(30(41)43-32(3,4)5)18-22-13-11-10-12-14-22/h10-17,24-25,27H,18-19H2,1-9H3,(H2,34,38)(H,35,39)(H,36,42). The Morgan fingerprint density at radius 1 is 0.818 bits per heavy atom. The van der Waals surface area contributed by atoms with E-state index in [1.54, 1.807) is 53.7 Å². The zero-order valence-corrected chi connectivity index (χ0v) is 27.1. The molecule has 11 nitrogen and oxygen atoms in total. The molecule has 4 N–H and O–H groups in total. The number of likely N-dealkylation sites (N-methyl/N-ethyl adjacent to an activating group) is 1. The van der Waals surface area contributed by atoms with Crippen molar-refractivity contribution in [2.75, 3.05) is 7.05 Å². The van der Waals surface area contributed by atoms with Crippen LogP contribution < -0.4 is 16.4 Å². The molecule has 3 atom stereocenters. The maximum atomic E-state index is 14.1. The Morgan fingerprint density at radius 3 is 1.86 bits per heavy atom. The molecular formula is C33H46N4O7. The quantitative estimate of drug-likeness (QED) is 0.328. The second-order valence-electron chi connectivity index (χ2n) is 12.9. The number of benzene rings is 2. The lowest BCUT2D eigenvalue weighted by Crippen LogP contribution is -2.54. The van der Waals surface area contributed by atoms with Crippen molar-refractivity contribution in [3.63, 3.8) is 0 Å². The van der Waals surface area contributed by atoms with Gasteiger partial charge in [-0.25, -0.2) is 9.59 Å². The predicted octanol–water partition coefficient (Wildman–Crippen LogP) is 3.64. The van der Waals surface area contributed by atoms with E-state index in [2.05, 4.69) is 10.6 Å². The van der Waals surface area contributed by atoms with Crippen LogP contribution in [0.3, 0.4) is 0 Å². The lowest BCUT2D eigenvalue weighted by molar-refractivity contribution is -0.159. The van der Waals surface area contributed by atoms with Crippen LogP contribution in [0, 0.1) is 13.8 Å². The van der Waals surface area contributed by atoms with E-state index >= 15 is 0 Å². The van der Waals surface area contributed by atoms with Gasteiger partial charge < -0.3 is 30.7 Å². The van der Waals surface area contributed by atoms with Crippen LogP contribution in [0.25, 0.3) is 0 Å². The summed E-state index contributed by atoms with van der Waals surface area (Å²) in [6, 6.07) is 10.8. The highest BCUT2D eigenvalue weighted by Gasteiger charge is 2.37. The number of rotatable bonds is 11. The number of carbonyl (C=O) groups excluding carboxylic acids is 5. The van der Waals surface area contributed by atoms with Gasteiger partial charge in [-0.15, -0.1) is 0 Å². The summed E-state index contributed by atoms with van der Waals surface area (Å²) >= 11 is 0. The minimum absolute atomic E-state index is 0.142. The van der Waals surface area contributed by atoms with Crippen LogP contribution in [0.1, 0.15) is 76.3 Å². The minimum Gasteiger partial charge on any atom is -0.458 e. The van der Waals surface area contributed by atoms with Crippen LogP contribution in [-0.2, 0) is 35.1 Å². The number of amides is 4. The molecule has 0 aliphatic carbocycles. The summed E-state index contributed by atoms with van der Waals surface area (Å²) in [4.78, 5) is 66.9. The first-order valence-electron chi connectivity index (χ1n) is 14.5.